The van der Waals surface area contributed by atoms with Crippen molar-refractivity contribution in [3.05, 3.63) is 42.0 Å². The summed E-state index contributed by atoms with van der Waals surface area (Å²) in [4.78, 5) is 8.05. The van der Waals surface area contributed by atoms with Gasteiger partial charge in [-0.1, -0.05) is 13.8 Å². The van der Waals surface area contributed by atoms with Crippen molar-refractivity contribution in [1.29, 1.82) is 0 Å². The second-order valence-corrected chi connectivity index (χ2v) is 8.02. The first-order chi connectivity index (χ1) is 13.5. The van der Waals surface area contributed by atoms with Gasteiger partial charge in [0.25, 0.3) is 0 Å². The summed E-state index contributed by atoms with van der Waals surface area (Å²) in [7, 11) is 0. The number of halogens is 3. The Morgan fingerprint density at radius 1 is 1.28 bits per heavy atom. The van der Waals surface area contributed by atoms with Gasteiger partial charge in [0, 0.05) is 34.6 Å². The molecule has 0 aliphatic rings. The van der Waals surface area contributed by atoms with Gasteiger partial charge in [-0.3, -0.25) is 0 Å². The van der Waals surface area contributed by atoms with Gasteiger partial charge in [0.1, 0.15) is 6.61 Å². The maximum Gasteiger partial charge on any atom is 0.434 e. The topological polar surface area (TPSA) is 78.3 Å². The van der Waals surface area contributed by atoms with E-state index in [-0.39, 0.29) is 5.65 Å². The summed E-state index contributed by atoms with van der Waals surface area (Å²) >= 11 is 0. The molecule has 0 fully saturated rings. The van der Waals surface area contributed by atoms with E-state index in [4.69, 9.17) is 10.5 Å². The van der Waals surface area contributed by atoms with Crippen LogP contribution in [0.4, 0.5) is 13.2 Å². The zero-order valence-electron chi connectivity index (χ0n) is 16.8. The summed E-state index contributed by atoms with van der Waals surface area (Å²) in [5.41, 5.74) is 6.79. The number of hydrogen-bond acceptors (Lipinski definition) is 5. The third kappa shape index (κ3) is 4.84. The zero-order chi connectivity index (χ0) is 21.4. The molecule has 0 aliphatic carbocycles. The van der Waals surface area contributed by atoms with Gasteiger partial charge in [-0.15, -0.1) is 0 Å². The van der Waals surface area contributed by atoms with Crippen LogP contribution in [0.25, 0.3) is 16.8 Å². The van der Waals surface area contributed by atoms with Gasteiger partial charge in [-0.05, 0) is 38.3 Å². The molecule has 0 saturated carbocycles. The second-order valence-electron chi connectivity index (χ2n) is 8.02. The van der Waals surface area contributed by atoms with Crippen molar-refractivity contribution in [2.75, 3.05) is 6.61 Å². The van der Waals surface area contributed by atoms with Crippen molar-refractivity contribution >= 4 is 5.65 Å². The van der Waals surface area contributed by atoms with Crippen LogP contribution in [0.3, 0.4) is 0 Å². The Balaban J connectivity index is 1.88. The van der Waals surface area contributed by atoms with Crippen LogP contribution in [-0.4, -0.2) is 31.7 Å². The maximum absolute atomic E-state index is 13.0. The van der Waals surface area contributed by atoms with E-state index in [1.165, 1.54) is 6.20 Å². The average Bonchev–Trinajstić information content (AvgIpc) is 3.04. The Labute approximate surface area is 166 Å². The highest BCUT2D eigenvalue weighted by molar-refractivity contribution is 5.77. The molecule has 0 aromatic carbocycles. The van der Waals surface area contributed by atoms with E-state index in [1.807, 2.05) is 13.8 Å². The molecule has 9 heteroatoms. The first-order valence-electron chi connectivity index (χ1n) is 9.26. The molecule has 3 aromatic heterocycles. The van der Waals surface area contributed by atoms with Gasteiger partial charge >= 0.3 is 6.18 Å². The summed E-state index contributed by atoms with van der Waals surface area (Å²) in [5, 5.41) is 3.92. The number of fused-ring (bicyclic) bond motifs is 1. The molecule has 0 bridgehead atoms. The minimum atomic E-state index is -4.54. The predicted octanol–water partition coefficient (Wildman–Crippen LogP) is 4.26. The van der Waals surface area contributed by atoms with E-state index in [1.54, 1.807) is 18.3 Å². The SMILES string of the molecule is Cc1cc(-c2ccnn3cc(C(F)(F)F)nc23)cnc1OCC(C)(N)CC(C)C. The number of ether oxygens (including phenoxy) is 1. The Hall–Kier alpha value is -2.68. The number of hydrogen-bond donors (Lipinski definition) is 1. The third-order valence-corrected chi connectivity index (χ3v) is 4.41. The number of nitrogens with zero attached hydrogens (tertiary/aromatic N) is 4. The third-order valence-electron chi connectivity index (χ3n) is 4.41. The fourth-order valence-corrected chi connectivity index (χ4v) is 3.34. The van der Waals surface area contributed by atoms with Crippen molar-refractivity contribution < 1.29 is 17.9 Å². The number of alkyl halides is 3. The van der Waals surface area contributed by atoms with Crippen molar-refractivity contribution in [3.63, 3.8) is 0 Å². The summed E-state index contributed by atoms with van der Waals surface area (Å²) < 4.78 is 45.9. The van der Waals surface area contributed by atoms with Crippen molar-refractivity contribution in [2.45, 2.75) is 45.8 Å². The fourth-order valence-electron chi connectivity index (χ4n) is 3.34. The highest BCUT2D eigenvalue weighted by atomic mass is 19.4. The first kappa shape index (κ1) is 21.0. The van der Waals surface area contributed by atoms with Gasteiger partial charge in [-0.2, -0.15) is 18.3 Å². The highest BCUT2D eigenvalue weighted by Crippen LogP contribution is 2.32. The van der Waals surface area contributed by atoms with Crippen LogP contribution < -0.4 is 10.5 Å². The van der Waals surface area contributed by atoms with E-state index in [0.717, 1.165) is 22.7 Å². The van der Waals surface area contributed by atoms with Gasteiger partial charge in [0.15, 0.2) is 11.3 Å². The molecule has 3 rings (SSSR count). The normalized spacial score (nSPS) is 14.4. The number of nitrogens with two attached hydrogens (primary N) is 1. The number of rotatable bonds is 6. The van der Waals surface area contributed by atoms with Crippen LogP contribution in [0.2, 0.25) is 0 Å². The average molecular weight is 407 g/mol. The molecule has 0 amide bonds. The van der Waals surface area contributed by atoms with Crippen molar-refractivity contribution in [1.82, 2.24) is 19.6 Å². The van der Waals surface area contributed by atoms with E-state index < -0.39 is 17.4 Å². The Kier molecular flexibility index (Phi) is 5.53. The van der Waals surface area contributed by atoms with Gasteiger partial charge in [0.2, 0.25) is 5.88 Å². The largest absolute Gasteiger partial charge is 0.476 e. The number of imidazole rings is 1. The maximum atomic E-state index is 13.0. The van der Waals surface area contributed by atoms with Gasteiger partial charge in [0.05, 0.1) is 6.20 Å². The predicted molar refractivity (Wildman–Crippen MR) is 103 cm³/mol. The zero-order valence-corrected chi connectivity index (χ0v) is 16.8. The summed E-state index contributed by atoms with van der Waals surface area (Å²) in [5.74, 6) is 0.883. The molecule has 6 nitrogen and oxygen atoms in total. The van der Waals surface area contributed by atoms with E-state index >= 15 is 0 Å². The molecule has 0 spiro atoms. The van der Waals surface area contributed by atoms with Crippen LogP contribution >= 0.6 is 0 Å². The monoisotopic (exact) mass is 407 g/mol. The van der Waals surface area contributed by atoms with Crippen LogP contribution in [0, 0.1) is 12.8 Å². The molecular formula is C20H24F3N5O. The minimum Gasteiger partial charge on any atom is -0.476 e. The Morgan fingerprint density at radius 2 is 2.00 bits per heavy atom. The smallest absolute Gasteiger partial charge is 0.434 e. The standard InChI is InChI=1S/C20H24F3N5O/c1-12(2)8-19(4,24)11-29-18-13(3)7-14(9-25-18)15-5-6-26-28-10-16(20(21,22)23)27-17(15)28/h5-7,9-10,12H,8,11,24H2,1-4H3. The van der Waals surface area contributed by atoms with E-state index in [2.05, 4.69) is 28.9 Å². The lowest BCUT2D eigenvalue weighted by molar-refractivity contribution is -0.140. The van der Waals surface area contributed by atoms with Crippen LogP contribution in [0.5, 0.6) is 5.88 Å². The van der Waals surface area contributed by atoms with Crippen LogP contribution in [-0.2, 0) is 6.18 Å². The Bertz CT molecular complexity index is 1010. The molecule has 1 unspecified atom stereocenters. The molecular weight excluding hydrogens is 383 g/mol. The van der Waals surface area contributed by atoms with Gasteiger partial charge in [-0.25, -0.2) is 14.5 Å². The number of aromatic nitrogens is 4. The molecule has 3 aromatic rings. The van der Waals surface area contributed by atoms with Crippen molar-refractivity contribution in [3.8, 4) is 17.0 Å². The van der Waals surface area contributed by atoms with Gasteiger partial charge < -0.3 is 10.5 Å². The fraction of sp³-hybridized carbons (Fsp3) is 0.450. The number of aryl methyl sites for hydroxylation is 1. The first-order valence-corrected chi connectivity index (χ1v) is 9.26. The molecule has 0 radical (unpaired) electrons. The lowest BCUT2D eigenvalue weighted by Gasteiger charge is -2.26. The van der Waals surface area contributed by atoms with Crippen LogP contribution in [0.15, 0.2) is 30.7 Å². The molecule has 0 saturated heterocycles. The summed E-state index contributed by atoms with van der Waals surface area (Å²) in [6.45, 7) is 8.26. The molecule has 0 aliphatic heterocycles. The number of pyridine rings is 1. The molecule has 1 atom stereocenters. The highest BCUT2D eigenvalue weighted by Gasteiger charge is 2.34. The minimum absolute atomic E-state index is 0.112. The second kappa shape index (κ2) is 7.62. The van der Waals surface area contributed by atoms with E-state index in [0.29, 0.717) is 29.5 Å². The summed E-state index contributed by atoms with van der Waals surface area (Å²) in [6, 6.07) is 3.41. The molecule has 156 valence electrons. The lowest BCUT2D eigenvalue weighted by Crippen LogP contribution is -2.43. The molecule has 3 heterocycles. The van der Waals surface area contributed by atoms with Crippen molar-refractivity contribution in [2.24, 2.45) is 11.7 Å². The van der Waals surface area contributed by atoms with Crippen LogP contribution in [0.1, 0.15) is 38.4 Å². The Morgan fingerprint density at radius 3 is 2.62 bits per heavy atom. The lowest BCUT2D eigenvalue weighted by atomic mass is 9.93. The quantitative estimate of drug-likeness (QED) is 0.661. The molecule has 2 N–H and O–H groups in total. The summed E-state index contributed by atoms with van der Waals surface area (Å²) in [6.07, 6.45) is 0.112. The molecule has 29 heavy (non-hydrogen) atoms. The van der Waals surface area contributed by atoms with E-state index in [9.17, 15) is 13.2 Å².